The third-order valence-electron chi connectivity index (χ3n) is 7.37. The number of piperidine rings is 1. The Bertz CT molecular complexity index is 1030. The molecule has 0 spiro atoms. The number of nitrogens with zero attached hydrogens (tertiary/aromatic N) is 1. The van der Waals surface area contributed by atoms with Gasteiger partial charge >= 0.3 is 12.1 Å². The second-order valence-electron chi connectivity index (χ2n) is 9.50. The lowest BCUT2D eigenvalue weighted by Gasteiger charge is -2.37. The summed E-state index contributed by atoms with van der Waals surface area (Å²) in [7, 11) is 0. The lowest BCUT2D eigenvalue weighted by Crippen LogP contribution is -2.48. The largest absolute Gasteiger partial charge is 0.481 e. The lowest BCUT2D eigenvalue weighted by atomic mass is 9.80. The first-order valence-electron chi connectivity index (χ1n) is 11.9. The Labute approximate surface area is 200 Å². The van der Waals surface area contributed by atoms with E-state index in [2.05, 4.69) is 29.6 Å². The molecule has 2 N–H and O–H groups in total. The minimum atomic E-state index is -0.816. The number of fused-ring (bicyclic) bond motifs is 3. The Morgan fingerprint density at radius 2 is 1.62 bits per heavy atom. The highest BCUT2D eigenvalue weighted by Crippen LogP contribution is 2.44. The molecule has 2 aromatic rings. The number of likely N-dealkylation sites (tertiary alicyclic amines) is 1. The molecule has 4 rings (SSSR count). The van der Waals surface area contributed by atoms with E-state index in [1.165, 1.54) is 11.1 Å². The summed E-state index contributed by atoms with van der Waals surface area (Å²) >= 11 is 0. The van der Waals surface area contributed by atoms with Crippen molar-refractivity contribution in [1.82, 2.24) is 10.2 Å². The first-order valence-corrected chi connectivity index (χ1v) is 11.9. The van der Waals surface area contributed by atoms with Gasteiger partial charge in [-0.1, -0.05) is 55.5 Å². The molecular weight excluding hydrogens is 432 g/mol. The molecule has 1 fully saturated rings. The molecule has 2 amide bonds. The molecule has 1 unspecified atom stereocenters. The predicted molar refractivity (Wildman–Crippen MR) is 128 cm³/mol. The molecule has 180 valence electrons. The van der Waals surface area contributed by atoms with E-state index >= 15 is 0 Å². The van der Waals surface area contributed by atoms with Gasteiger partial charge in [-0.3, -0.25) is 9.59 Å². The number of ether oxygens (including phenoxy) is 1. The van der Waals surface area contributed by atoms with Gasteiger partial charge in [0.1, 0.15) is 6.61 Å². The summed E-state index contributed by atoms with van der Waals surface area (Å²) in [5.41, 5.74) is 3.86. The molecule has 1 saturated heterocycles. The topological polar surface area (TPSA) is 95.9 Å². The average Bonchev–Trinajstić information content (AvgIpc) is 3.17. The molecule has 7 heteroatoms. The van der Waals surface area contributed by atoms with Crippen LogP contribution < -0.4 is 5.32 Å². The number of amides is 2. The number of aliphatic carboxylic acids is 1. The van der Waals surface area contributed by atoms with Crippen molar-refractivity contribution < 1.29 is 24.2 Å². The maximum atomic E-state index is 13.0. The van der Waals surface area contributed by atoms with Crippen LogP contribution in [0.2, 0.25) is 0 Å². The minimum Gasteiger partial charge on any atom is -0.481 e. The van der Waals surface area contributed by atoms with Crippen molar-refractivity contribution in [2.24, 2.45) is 11.3 Å². The smallest absolute Gasteiger partial charge is 0.407 e. The van der Waals surface area contributed by atoms with Crippen LogP contribution in [0.4, 0.5) is 4.79 Å². The van der Waals surface area contributed by atoms with Crippen molar-refractivity contribution in [3.05, 3.63) is 59.7 Å². The molecule has 2 aromatic carbocycles. The van der Waals surface area contributed by atoms with E-state index in [0.29, 0.717) is 32.4 Å². The zero-order valence-corrected chi connectivity index (χ0v) is 19.8. The van der Waals surface area contributed by atoms with Gasteiger partial charge in [0.05, 0.1) is 11.3 Å². The van der Waals surface area contributed by atoms with Crippen molar-refractivity contribution in [2.75, 3.05) is 26.2 Å². The highest BCUT2D eigenvalue weighted by Gasteiger charge is 2.39. The van der Waals surface area contributed by atoms with Gasteiger partial charge in [-0.2, -0.15) is 0 Å². The van der Waals surface area contributed by atoms with Crippen molar-refractivity contribution in [1.29, 1.82) is 0 Å². The van der Waals surface area contributed by atoms with Crippen molar-refractivity contribution in [3.63, 3.8) is 0 Å². The Kier molecular flexibility index (Phi) is 6.91. The van der Waals surface area contributed by atoms with E-state index < -0.39 is 17.5 Å². The summed E-state index contributed by atoms with van der Waals surface area (Å²) < 4.78 is 5.57. The summed E-state index contributed by atoms with van der Waals surface area (Å²) in [5.74, 6) is -1.24. The van der Waals surface area contributed by atoms with Crippen molar-refractivity contribution in [3.8, 4) is 11.1 Å². The van der Waals surface area contributed by atoms with Crippen LogP contribution in [0.1, 0.15) is 50.2 Å². The van der Waals surface area contributed by atoms with Crippen LogP contribution in [-0.2, 0) is 14.3 Å². The number of carboxylic acids is 1. The summed E-state index contributed by atoms with van der Waals surface area (Å²) in [6.45, 7) is 4.90. The molecule has 1 heterocycles. The van der Waals surface area contributed by atoms with Crippen LogP contribution in [0.15, 0.2) is 48.5 Å². The summed E-state index contributed by atoms with van der Waals surface area (Å²) in [4.78, 5) is 38.6. The number of benzene rings is 2. The molecule has 0 radical (unpaired) electrons. The quantitative estimate of drug-likeness (QED) is 0.638. The monoisotopic (exact) mass is 464 g/mol. The molecule has 2 aliphatic rings. The van der Waals surface area contributed by atoms with E-state index in [0.717, 1.165) is 11.1 Å². The number of nitrogens with one attached hydrogen (secondary N) is 1. The Hall–Kier alpha value is -3.35. The number of hydrogen-bond acceptors (Lipinski definition) is 4. The van der Waals surface area contributed by atoms with Gasteiger partial charge in [0.25, 0.3) is 0 Å². The normalized spacial score (nSPS) is 17.4. The zero-order valence-electron chi connectivity index (χ0n) is 19.8. The Balaban J connectivity index is 1.30. The van der Waals surface area contributed by atoms with E-state index in [-0.39, 0.29) is 30.9 Å². The molecule has 1 aliphatic heterocycles. The fourth-order valence-electron chi connectivity index (χ4n) is 4.95. The molecule has 7 nitrogen and oxygen atoms in total. The maximum absolute atomic E-state index is 13.0. The number of rotatable bonds is 7. The molecule has 0 saturated carbocycles. The van der Waals surface area contributed by atoms with Crippen LogP contribution in [0.3, 0.4) is 0 Å². The predicted octanol–water partition coefficient (Wildman–Crippen LogP) is 4.26. The Morgan fingerprint density at radius 3 is 2.15 bits per heavy atom. The van der Waals surface area contributed by atoms with Gasteiger partial charge < -0.3 is 20.1 Å². The summed E-state index contributed by atoms with van der Waals surface area (Å²) in [5, 5.41) is 12.2. The van der Waals surface area contributed by atoms with Crippen molar-refractivity contribution >= 4 is 18.0 Å². The molecule has 1 atom stereocenters. The van der Waals surface area contributed by atoms with Gasteiger partial charge in [0.15, 0.2) is 0 Å². The van der Waals surface area contributed by atoms with E-state index in [1.807, 2.05) is 31.2 Å². The molecule has 34 heavy (non-hydrogen) atoms. The molecule has 0 bridgehead atoms. The molecule has 1 aliphatic carbocycles. The van der Waals surface area contributed by atoms with Gasteiger partial charge in [0.2, 0.25) is 5.91 Å². The third kappa shape index (κ3) is 4.65. The van der Waals surface area contributed by atoms with Gasteiger partial charge in [0, 0.05) is 25.6 Å². The van der Waals surface area contributed by atoms with Crippen LogP contribution in [0.25, 0.3) is 11.1 Å². The number of carboxylic acid groups (broad SMARTS) is 1. The summed E-state index contributed by atoms with van der Waals surface area (Å²) in [6.07, 6.45) is 0.911. The van der Waals surface area contributed by atoms with Crippen LogP contribution >= 0.6 is 0 Å². The SMILES string of the molecule is CCC(CNC(=O)OCC1c2ccccc2-c2ccccc21)C(=O)N1CCC(C)(C(=O)O)CC1. The van der Waals surface area contributed by atoms with Gasteiger partial charge in [-0.05, 0) is 48.4 Å². The minimum absolute atomic E-state index is 0.0151. The number of carbonyl (C=O) groups excluding carboxylic acids is 2. The fourth-order valence-corrected chi connectivity index (χ4v) is 4.95. The van der Waals surface area contributed by atoms with Crippen molar-refractivity contribution in [2.45, 2.75) is 39.0 Å². The van der Waals surface area contributed by atoms with Gasteiger partial charge in [-0.25, -0.2) is 4.79 Å². The van der Waals surface area contributed by atoms with E-state index in [9.17, 15) is 19.5 Å². The first-order chi connectivity index (χ1) is 16.3. The second-order valence-corrected chi connectivity index (χ2v) is 9.50. The molecular formula is C27H32N2O5. The molecule has 0 aromatic heterocycles. The number of hydrogen-bond donors (Lipinski definition) is 2. The highest BCUT2D eigenvalue weighted by atomic mass is 16.5. The number of alkyl carbamates (subject to hydrolysis) is 1. The lowest BCUT2D eigenvalue weighted by molar-refractivity contribution is -0.153. The van der Waals surface area contributed by atoms with Crippen LogP contribution in [0, 0.1) is 11.3 Å². The number of carbonyl (C=O) groups is 3. The van der Waals surface area contributed by atoms with E-state index in [4.69, 9.17) is 4.74 Å². The zero-order chi connectivity index (χ0) is 24.3. The third-order valence-corrected chi connectivity index (χ3v) is 7.37. The Morgan fingerprint density at radius 1 is 1.06 bits per heavy atom. The van der Waals surface area contributed by atoms with Crippen LogP contribution in [-0.4, -0.2) is 54.2 Å². The maximum Gasteiger partial charge on any atom is 0.407 e. The fraction of sp³-hybridized carbons (Fsp3) is 0.444. The van der Waals surface area contributed by atoms with Gasteiger partial charge in [-0.15, -0.1) is 0 Å². The van der Waals surface area contributed by atoms with E-state index in [1.54, 1.807) is 11.8 Å². The standard InChI is InChI=1S/C27H32N2O5/c1-3-18(24(30)29-14-12-27(2,13-15-29)25(31)32)16-28-26(33)34-17-23-21-10-6-4-8-19(21)20-9-5-7-11-22(20)23/h4-11,18,23H,3,12-17H2,1-2H3,(H,28,33)(H,31,32). The van der Waals surface area contributed by atoms with Crippen LogP contribution in [0.5, 0.6) is 0 Å². The summed E-state index contributed by atoms with van der Waals surface area (Å²) in [6, 6.07) is 16.3. The average molecular weight is 465 g/mol. The first kappa shape index (κ1) is 23.8. The second kappa shape index (κ2) is 9.87. The highest BCUT2D eigenvalue weighted by molar-refractivity contribution is 5.81.